The third kappa shape index (κ3) is 9.29. The lowest BCUT2D eigenvalue weighted by molar-refractivity contribution is 0.197. The highest BCUT2D eigenvalue weighted by Gasteiger charge is 2.42. The van der Waals surface area contributed by atoms with Crippen LogP contribution in [0.5, 0.6) is 11.5 Å². The molecule has 0 saturated heterocycles. The average Bonchev–Trinajstić information content (AvgIpc) is 2.96. The van der Waals surface area contributed by atoms with Crippen molar-refractivity contribution >= 4 is 40.3 Å². The van der Waals surface area contributed by atoms with Crippen LogP contribution in [0.2, 0.25) is 0 Å². The van der Waals surface area contributed by atoms with Gasteiger partial charge in [-0.05, 0) is 47.5 Å². The van der Waals surface area contributed by atoms with Crippen LogP contribution in [0.25, 0.3) is 0 Å². The molecule has 2 aromatic carbocycles. The number of methoxy groups -OCH3 is 1. The van der Waals surface area contributed by atoms with Gasteiger partial charge in [0, 0.05) is 35.0 Å². The average molecular weight is 619 g/mol. The molecule has 15 heteroatoms. The van der Waals surface area contributed by atoms with Gasteiger partial charge in [0.25, 0.3) is 0 Å². The Labute approximate surface area is 236 Å². The zero-order valence-corrected chi connectivity index (χ0v) is 26.3. The van der Waals surface area contributed by atoms with Gasteiger partial charge in [-0.25, -0.2) is 0 Å². The summed E-state index contributed by atoms with van der Waals surface area (Å²) in [6.07, 6.45) is 3.08. The molecule has 0 aliphatic heterocycles. The lowest BCUT2D eigenvalue weighted by atomic mass is 10.2. The fraction of sp³-hybridized carbons (Fsp3) is 0.375. The smallest absolute Gasteiger partial charge is 0.497 e. The fourth-order valence-electron chi connectivity index (χ4n) is 3.41. The molecule has 11 nitrogen and oxygen atoms in total. The molecular formula is C24H35N3O8P3S+. The quantitative estimate of drug-likeness (QED) is 0.0871. The molecule has 0 spiro atoms. The van der Waals surface area contributed by atoms with Gasteiger partial charge in [0.1, 0.15) is 17.8 Å². The van der Waals surface area contributed by atoms with Gasteiger partial charge in [-0.1, -0.05) is 23.0 Å². The third-order valence-corrected chi connectivity index (χ3v) is 11.5. The van der Waals surface area contributed by atoms with Crippen molar-refractivity contribution in [2.24, 2.45) is 5.10 Å². The van der Waals surface area contributed by atoms with Gasteiger partial charge in [-0.15, -0.1) is 11.7 Å². The van der Waals surface area contributed by atoms with Gasteiger partial charge in [-0.2, -0.15) is 0 Å². The highest BCUT2D eigenvalue weighted by Crippen LogP contribution is 2.63. The van der Waals surface area contributed by atoms with E-state index in [1.807, 2.05) is 24.3 Å². The number of nitrogens with zero attached hydrogens (tertiary/aromatic N) is 3. The number of rotatable bonds is 17. The third-order valence-electron chi connectivity index (χ3n) is 5.52. The van der Waals surface area contributed by atoms with E-state index >= 15 is 0 Å². The summed E-state index contributed by atoms with van der Waals surface area (Å²) in [6, 6.07) is 14.3. The maximum absolute atomic E-state index is 13.6. The Hall–Kier alpha value is -1.97. The largest absolute Gasteiger partial charge is 0.540 e. The van der Waals surface area contributed by atoms with E-state index in [1.165, 1.54) is 28.4 Å². The van der Waals surface area contributed by atoms with Gasteiger partial charge in [-0.3, -0.25) is 18.6 Å². The molecule has 0 amide bonds. The van der Waals surface area contributed by atoms with Crippen molar-refractivity contribution in [2.45, 2.75) is 5.78 Å². The molecule has 2 unspecified atom stereocenters. The van der Waals surface area contributed by atoms with Crippen LogP contribution in [-0.4, -0.2) is 71.3 Å². The first kappa shape index (κ1) is 33.2. The van der Waals surface area contributed by atoms with Crippen molar-refractivity contribution < 1.29 is 36.5 Å². The van der Waals surface area contributed by atoms with Crippen LogP contribution < -0.4 is 9.26 Å². The number of hydrogen-bond acceptors (Lipinski definition) is 11. The minimum Gasteiger partial charge on any atom is -0.497 e. The Kier molecular flexibility index (Phi) is 13.4. The minimum atomic E-state index is -3.75. The van der Waals surface area contributed by atoms with E-state index in [9.17, 15) is 9.13 Å². The maximum atomic E-state index is 13.6. The van der Waals surface area contributed by atoms with Crippen LogP contribution in [0.4, 0.5) is 0 Å². The van der Waals surface area contributed by atoms with Crippen molar-refractivity contribution in [3.05, 3.63) is 72.3 Å². The van der Waals surface area contributed by atoms with Gasteiger partial charge in [0.2, 0.25) is 11.8 Å². The highest BCUT2D eigenvalue weighted by atomic mass is 32.4. The predicted molar refractivity (Wildman–Crippen MR) is 157 cm³/mol. The Bertz CT molecular complexity index is 1200. The Morgan fingerprint density at radius 3 is 2.00 bits per heavy atom. The molecule has 2 rings (SSSR count). The molecule has 2 aromatic rings. The molecule has 39 heavy (non-hydrogen) atoms. The molecule has 2 atom stereocenters. The zero-order valence-electron chi connectivity index (χ0n) is 22.8. The Balaban J connectivity index is 2.26. The predicted octanol–water partition coefficient (Wildman–Crippen LogP) is 6.23. The van der Waals surface area contributed by atoms with E-state index in [4.69, 9.17) is 39.2 Å². The lowest BCUT2D eigenvalue weighted by Crippen LogP contribution is -2.31. The SMILES string of the molecule is C=CCN(CP(=O)(OC)OC)C(c1ccc(O[P+](=S)N(C)/N=C/c2ccc(OC)cc2)cc1)P(=O)(OC)OC. The summed E-state index contributed by atoms with van der Waals surface area (Å²) in [4.78, 5) is 1.62. The molecule has 0 aliphatic rings. The molecule has 0 bridgehead atoms. The maximum Gasteiger partial charge on any atom is 0.540 e. The summed E-state index contributed by atoms with van der Waals surface area (Å²) in [5.41, 5.74) is 1.45. The van der Waals surface area contributed by atoms with Gasteiger partial charge in [0.15, 0.2) is 5.75 Å². The van der Waals surface area contributed by atoms with E-state index in [2.05, 4.69) is 11.7 Å². The monoisotopic (exact) mass is 618 g/mol. The van der Waals surface area contributed by atoms with Crippen LogP contribution in [0.1, 0.15) is 16.9 Å². The van der Waals surface area contributed by atoms with Crippen molar-refractivity contribution in [2.75, 3.05) is 55.4 Å². The van der Waals surface area contributed by atoms with Crippen LogP contribution >= 0.6 is 22.3 Å². The lowest BCUT2D eigenvalue weighted by Gasteiger charge is -2.35. The molecule has 0 heterocycles. The number of ether oxygens (including phenoxy) is 1. The van der Waals surface area contributed by atoms with Crippen molar-refractivity contribution in [3.63, 3.8) is 0 Å². The molecule has 0 aromatic heterocycles. The van der Waals surface area contributed by atoms with Crippen molar-refractivity contribution in [1.82, 2.24) is 9.68 Å². The first-order valence-corrected chi connectivity index (χ1v) is 17.1. The molecule has 0 N–H and O–H groups in total. The summed E-state index contributed by atoms with van der Waals surface area (Å²) in [5, 5.41) is 4.37. The van der Waals surface area contributed by atoms with Crippen LogP contribution in [0.15, 0.2) is 66.3 Å². The van der Waals surface area contributed by atoms with Gasteiger partial charge in [0.05, 0.1) is 20.4 Å². The second kappa shape index (κ2) is 15.7. The van der Waals surface area contributed by atoms with Gasteiger partial charge >= 0.3 is 22.3 Å². The van der Waals surface area contributed by atoms with E-state index in [1.54, 1.807) is 60.4 Å². The Morgan fingerprint density at radius 1 is 0.949 bits per heavy atom. The number of hydrogen-bond donors (Lipinski definition) is 0. The molecule has 0 fully saturated rings. The first-order valence-electron chi connectivity index (χ1n) is 11.5. The zero-order chi connectivity index (χ0) is 29.1. The fourth-order valence-corrected chi connectivity index (χ4v) is 7.25. The second-order valence-corrected chi connectivity index (χ2v) is 14.6. The summed E-state index contributed by atoms with van der Waals surface area (Å²) in [5.74, 6) is 0.302. The standard InChI is InChI=1S/C24H35N3O8P3S/c1-8-17-27(19-37(28,31-4)32-5)24(38(29,33-6)34-7)21-11-15-23(16-12-21)35-36(39)26(2)25-18-20-9-13-22(30-3)14-10-20/h8-16,18,24H,1,17,19H2,2-7H3/q+1/b25-18+. The summed E-state index contributed by atoms with van der Waals surface area (Å²) >= 11 is 5.51. The summed E-state index contributed by atoms with van der Waals surface area (Å²) < 4.78 is 60.1. The minimum absolute atomic E-state index is 0.180. The molecule has 0 radical (unpaired) electrons. The molecular weight excluding hydrogens is 583 g/mol. The number of hydrazone groups is 1. The van der Waals surface area contributed by atoms with E-state index in [0.29, 0.717) is 11.3 Å². The van der Waals surface area contributed by atoms with E-state index < -0.39 is 28.0 Å². The van der Waals surface area contributed by atoms with Crippen molar-refractivity contribution in [1.29, 1.82) is 0 Å². The first-order chi connectivity index (χ1) is 18.6. The van der Waals surface area contributed by atoms with Crippen LogP contribution in [0.3, 0.4) is 0 Å². The topological polar surface area (TPSA) is 108 Å². The summed E-state index contributed by atoms with van der Waals surface area (Å²) in [7, 11) is -0.302. The highest BCUT2D eigenvalue weighted by molar-refractivity contribution is 8.02. The molecule has 214 valence electrons. The Morgan fingerprint density at radius 2 is 1.51 bits per heavy atom. The summed E-state index contributed by atoms with van der Waals surface area (Å²) in [6.45, 7) is 3.96. The van der Waals surface area contributed by atoms with Crippen molar-refractivity contribution in [3.8, 4) is 11.5 Å². The molecule has 0 saturated carbocycles. The van der Waals surface area contributed by atoms with E-state index in [-0.39, 0.29) is 12.8 Å². The van der Waals surface area contributed by atoms with Gasteiger partial charge < -0.3 is 22.8 Å². The van der Waals surface area contributed by atoms with Crippen LogP contribution in [-0.2, 0) is 39.0 Å². The number of benzene rings is 2. The van der Waals surface area contributed by atoms with E-state index in [0.717, 1.165) is 11.3 Å². The normalized spacial score (nSPS) is 13.4. The molecule has 0 aliphatic carbocycles. The van der Waals surface area contributed by atoms with Crippen LogP contribution in [0, 0.1) is 0 Å². The second-order valence-electron chi connectivity index (χ2n) is 7.86.